The van der Waals surface area contributed by atoms with Gasteiger partial charge < -0.3 is 0 Å². The Morgan fingerprint density at radius 2 is 0.600 bits per heavy atom. The molecule has 0 spiro atoms. The Labute approximate surface area is 201 Å². The molecule has 0 fully saturated rings. The zero-order valence-corrected chi connectivity index (χ0v) is 24.3. The molecule has 0 aromatic rings. The molecule has 0 amide bonds. The van der Waals surface area contributed by atoms with Crippen LogP contribution in [0.5, 0.6) is 0 Å². The van der Waals surface area contributed by atoms with E-state index in [2.05, 4.69) is 43.2 Å². The molecule has 0 heterocycles. The van der Waals surface area contributed by atoms with Crippen LogP contribution in [-0.2, 0) is 0 Å². The van der Waals surface area contributed by atoms with Crippen LogP contribution in [0.4, 0.5) is 0 Å². The van der Waals surface area contributed by atoms with Crippen LogP contribution in [0.25, 0.3) is 0 Å². The molecule has 0 N–H and O–H groups in total. The molecule has 0 aliphatic heterocycles. The van der Waals surface area contributed by atoms with Gasteiger partial charge in [-0.25, -0.2) is 0 Å². The molecular weight excluding hydrogens is 447 g/mol. The van der Waals surface area contributed by atoms with Gasteiger partial charge in [0, 0.05) is 0 Å². The van der Waals surface area contributed by atoms with E-state index in [1.54, 1.807) is 0 Å². The Balaban J connectivity index is 3.27. The second-order valence-electron chi connectivity index (χ2n) is 10.2. The summed E-state index contributed by atoms with van der Waals surface area (Å²) in [7, 11) is 0. The summed E-state index contributed by atoms with van der Waals surface area (Å²) < 4.78 is 0. The first-order valence-electron chi connectivity index (χ1n) is 14.3. The summed E-state index contributed by atoms with van der Waals surface area (Å²) in [6.07, 6.45) is 35.1. The third-order valence-electron chi connectivity index (χ3n) is 7.94. The predicted octanol–water partition coefficient (Wildman–Crippen LogP) is 11.7. The number of hydrogen-bond donors (Lipinski definition) is 0. The standard InChI is InChI=1S/C28H60BrP/c1-5-9-10-11-12-13-14-15-16-17-18-19-20-21-22-23-24-25-26-27-28-30(29,6-2,7-3)8-4/h5-28H2,1-4H3. The fourth-order valence-corrected chi connectivity index (χ4v) is 8.96. The van der Waals surface area contributed by atoms with Crippen LogP contribution in [0.3, 0.4) is 0 Å². The molecule has 0 unspecified atom stereocenters. The normalized spacial score (nSPS) is 13.4. The third-order valence-corrected chi connectivity index (χ3v) is 19.7. The van der Waals surface area contributed by atoms with Crippen molar-refractivity contribution in [3.63, 3.8) is 0 Å². The van der Waals surface area contributed by atoms with Gasteiger partial charge >= 0.3 is 137 Å². The van der Waals surface area contributed by atoms with Crippen LogP contribution in [0, 0.1) is 0 Å². The van der Waals surface area contributed by atoms with Crippen molar-refractivity contribution in [2.24, 2.45) is 0 Å². The maximum absolute atomic E-state index is 4.28. The van der Waals surface area contributed by atoms with E-state index in [0.29, 0.717) is 0 Å². The quantitative estimate of drug-likeness (QED) is 0.0900. The fourth-order valence-electron chi connectivity index (χ4n) is 4.91. The molecule has 0 aromatic heterocycles. The van der Waals surface area contributed by atoms with E-state index in [1.165, 1.54) is 153 Å². The number of hydrogen-bond acceptors (Lipinski definition) is 0. The Morgan fingerprint density at radius 1 is 0.367 bits per heavy atom. The van der Waals surface area contributed by atoms with E-state index in [-0.39, 0.29) is 0 Å². The molecule has 184 valence electrons. The molecule has 0 atom stereocenters. The van der Waals surface area contributed by atoms with Crippen LogP contribution in [0.15, 0.2) is 0 Å². The molecule has 0 aliphatic carbocycles. The van der Waals surface area contributed by atoms with Crippen molar-refractivity contribution in [1.82, 2.24) is 0 Å². The first-order valence-corrected chi connectivity index (χ1v) is 19.3. The minimum absolute atomic E-state index is 1.37. The predicted molar refractivity (Wildman–Crippen MR) is 150 cm³/mol. The minimum atomic E-state index is -1.49. The summed E-state index contributed by atoms with van der Waals surface area (Å²) in [5, 5.41) is -1.49. The summed E-state index contributed by atoms with van der Waals surface area (Å²) in [4.78, 5) is 0. The zero-order chi connectivity index (χ0) is 22.4. The number of halogens is 1. The maximum atomic E-state index is 4.28. The molecule has 0 rings (SSSR count). The van der Waals surface area contributed by atoms with Crippen molar-refractivity contribution >= 4 is 20.8 Å². The molecule has 0 nitrogen and oxygen atoms in total. The number of rotatable bonds is 24. The van der Waals surface area contributed by atoms with Gasteiger partial charge in [0.1, 0.15) is 0 Å². The van der Waals surface area contributed by atoms with E-state index in [9.17, 15) is 0 Å². The van der Waals surface area contributed by atoms with Gasteiger partial charge in [-0.2, -0.15) is 0 Å². The summed E-state index contributed by atoms with van der Waals surface area (Å²) in [5.41, 5.74) is 0. The Kier molecular flexibility index (Phi) is 21.1. The zero-order valence-electron chi connectivity index (χ0n) is 21.8. The third kappa shape index (κ3) is 16.5. The van der Waals surface area contributed by atoms with Crippen molar-refractivity contribution in [3.05, 3.63) is 0 Å². The van der Waals surface area contributed by atoms with Gasteiger partial charge in [0.25, 0.3) is 0 Å². The Morgan fingerprint density at radius 3 is 0.833 bits per heavy atom. The van der Waals surface area contributed by atoms with E-state index in [0.717, 1.165) is 0 Å². The van der Waals surface area contributed by atoms with Gasteiger partial charge in [-0.3, -0.25) is 0 Å². The monoisotopic (exact) mass is 506 g/mol. The van der Waals surface area contributed by atoms with Crippen molar-refractivity contribution in [2.45, 2.75) is 156 Å². The summed E-state index contributed by atoms with van der Waals surface area (Å²) in [5.74, 6) is 0. The van der Waals surface area contributed by atoms with Crippen LogP contribution in [0.2, 0.25) is 0 Å². The van der Waals surface area contributed by atoms with E-state index >= 15 is 0 Å². The second kappa shape index (κ2) is 20.5. The average Bonchev–Trinajstić information content (AvgIpc) is 2.78. The van der Waals surface area contributed by atoms with Crippen LogP contribution in [0.1, 0.15) is 156 Å². The first-order chi connectivity index (χ1) is 14.5. The van der Waals surface area contributed by atoms with Gasteiger partial charge in [-0.05, 0) is 0 Å². The van der Waals surface area contributed by atoms with Gasteiger partial charge in [-0.1, -0.05) is 64.7 Å². The van der Waals surface area contributed by atoms with Gasteiger partial charge in [0.2, 0.25) is 0 Å². The molecule has 0 aliphatic rings. The first kappa shape index (κ1) is 30.9. The Hall–Kier alpha value is 0.910. The number of unbranched alkanes of at least 4 members (excludes halogenated alkanes) is 19. The second-order valence-corrected chi connectivity index (χ2v) is 22.2. The van der Waals surface area contributed by atoms with E-state index < -0.39 is 5.31 Å². The summed E-state index contributed by atoms with van der Waals surface area (Å²) in [6.45, 7) is 9.54. The molecule has 0 bridgehead atoms. The topological polar surface area (TPSA) is 0 Å². The molecule has 0 aromatic carbocycles. The van der Waals surface area contributed by atoms with Gasteiger partial charge in [-0.15, -0.1) is 0 Å². The fraction of sp³-hybridized carbons (Fsp3) is 1.00. The molecule has 0 saturated heterocycles. The van der Waals surface area contributed by atoms with Crippen molar-refractivity contribution in [2.75, 3.05) is 24.6 Å². The molecule has 0 saturated carbocycles. The Bertz CT molecular complexity index is 340. The van der Waals surface area contributed by atoms with Gasteiger partial charge in [0.15, 0.2) is 0 Å². The molecule has 0 radical (unpaired) electrons. The van der Waals surface area contributed by atoms with Gasteiger partial charge in [0.05, 0.1) is 0 Å². The molecular formula is C28H60BrP. The van der Waals surface area contributed by atoms with Crippen LogP contribution >= 0.6 is 20.8 Å². The van der Waals surface area contributed by atoms with E-state index in [1.807, 2.05) is 0 Å². The van der Waals surface area contributed by atoms with E-state index in [4.69, 9.17) is 0 Å². The van der Waals surface area contributed by atoms with Crippen LogP contribution < -0.4 is 0 Å². The van der Waals surface area contributed by atoms with Crippen molar-refractivity contribution in [1.29, 1.82) is 0 Å². The van der Waals surface area contributed by atoms with Crippen molar-refractivity contribution < 1.29 is 0 Å². The molecule has 2 heteroatoms. The molecule has 30 heavy (non-hydrogen) atoms. The SMILES string of the molecule is CCCCCCCCCCCCCCCCCCCCCCP(Br)(CC)(CC)CC. The summed E-state index contributed by atoms with van der Waals surface area (Å²) >= 11 is 4.28. The van der Waals surface area contributed by atoms with Crippen molar-refractivity contribution in [3.8, 4) is 0 Å². The summed E-state index contributed by atoms with van der Waals surface area (Å²) in [6, 6.07) is 0. The van der Waals surface area contributed by atoms with Crippen LogP contribution in [-0.4, -0.2) is 24.6 Å². The average molecular weight is 508 g/mol.